The van der Waals surface area contributed by atoms with Gasteiger partial charge in [-0.05, 0) is 49.0 Å². The maximum absolute atomic E-state index is 12.8. The quantitative estimate of drug-likeness (QED) is 0.751. The van der Waals surface area contributed by atoms with Crippen molar-refractivity contribution in [3.63, 3.8) is 0 Å². The van der Waals surface area contributed by atoms with Crippen molar-refractivity contribution in [1.82, 2.24) is 14.5 Å². The zero-order valence-electron chi connectivity index (χ0n) is 16.1. The van der Waals surface area contributed by atoms with Gasteiger partial charge in [0.15, 0.2) is 5.11 Å². The maximum atomic E-state index is 12.8. The van der Waals surface area contributed by atoms with Gasteiger partial charge in [0.1, 0.15) is 5.75 Å². The van der Waals surface area contributed by atoms with E-state index < -0.39 is 10.0 Å². The molecule has 0 unspecified atom stereocenters. The molecule has 0 bridgehead atoms. The first kappa shape index (κ1) is 20.6. The van der Waals surface area contributed by atoms with E-state index in [0.29, 0.717) is 42.7 Å². The highest BCUT2D eigenvalue weighted by Crippen LogP contribution is 2.18. The highest BCUT2D eigenvalue weighted by Gasteiger charge is 2.29. The first-order chi connectivity index (χ1) is 13.4. The standard InChI is InChI=1S/C20H25N3O3S2/c1-16-3-9-19(10-4-16)28(24,25)23-13-11-22(12-14-23)20(27)21-15-17-5-7-18(26-2)8-6-17/h3-10H,11-15H2,1-2H3,(H,21,27). The molecule has 0 spiro atoms. The molecule has 28 heavy (non-hydrogen) atoms. The Bertz CT molecular complexity index is 905. The van der Waals surface area contributed by atoms with E-state index in [0.717, 1.165) is 16.9 Å². The van der Waals surface area contributed by atoms with Gasteiger partial charge in [-0.1, -0.05) is 29.8 Å². The highest BCUT2D eigenvalue weighted by atomic mass is 32.2. The molecule has 1 fully saturated rings. The second-order valence-corrected chi connectivity index (χ2v) is 9.04. The smallest absolute Gasteiger partial charge is 0.243 e. The Morgan fingerprint density at radius 2 is 1.64 bits per heavy atom. The van der Waals surface area contributed by atoms with Gasteiger partial charge in [0.25, 0.3) is 0 Å². The SMILES string of the molecule is COc1ccc(CNC(=S)N2CCN(S(=O)(=O)c3ccc(C)cc3)CC2)cc1. The van der Waals surface area contributed by atoms with Crippen LogP contribution in [0.1, 0.15) is 11.1 Å². The fourth-order valence-electron chi connectivity index (χ4n) is 3.02. The van der Waals surface area contributed by atoms with Crippen LogP contribution < -0.4 is 10.1 Å². The number of hydrogen-bond donors (Lipinski definition) is 1. The van der Waals surface area contributed by atoms with Gasteiger partial charge >= 0.3 is 0 Å². The molecule has 1 saturated heterocycles. The number of nitrogens with one attached hydrogen (secondary N) is 1. The van der Waals surface area contributed by atoms with Gasteiger partial charge in [0.2, 0.25) is 10.0 Å². The van der Waals surface area contributed by atoms with Crippen molar-refractivity contribution >= 4 is 27.4 Å². The topological polar surface area (TPSA) is 61.9 Å². The van der Waals surface area contributed by atoms with Crippen molar-refractivity contribution in [2.24, 2.45) is 0 Å². The monoisotopic (exact) mass is 419 g/mol. The molecule has 8 heteroatoms. The third kappa shape index (κ3) is 4.81. The van der Waals surface area contributed by atoms with Gasteiger partial charge < -0.3 is 15.0 Å². The fraction of sp³-hybridized carbons (Fsp3) is 0.350. The fourth-order valence-corrected chi connectivity index (χ4v) is 4.70. The molecule has 1 N–H and O–H groups in total. The Kier molecular flexibility index (Phi) is 6.53. The minimum Gasteiger partial charge on any atom is -0.497 e. The summed E-state index contributed by atoms with van der Waals surface area (Å²) in [6.07, 6.45) is 0. The van der Waals surface area contributed by atoms with Crippen LogP contribution in [-0.4, -0.2) is 56.0 Å². The van der Waals surface area contributed by atoms with Crippen LogP contribution in [0.3, 0.4) is 0 Å². The summed E-state index contributed by atoms with van der Waals surface area (Å²) >= 11 is 5.48. The zero-order valence-corrected chi connectivity index (χ0v) is 17.7. The van der Waals surface area contributed by atoms with Crippen molar-refractivity contribution in [3.05, 3.63) is 59.7 Å². The van der Waals surface area contributed by atoms with Crippen LogP contribution in [0.5, 0.6) is 5.75 Å². The number of thiocarbonyl (C=S) groups is 1. The Balaban J connectivity index is 1.52. The van der Waals surface area contributed by atoms with Crippen LogP contribution >= 0.6 is 12.2 Å². The molecule has 0 saturated carbocycles. The minimum absolute atomic E-state index is 0.340. The zero-order chi connectivity index (χ0) is 20.1. The summed E-state index contributed by atoms with van der Waals surface area (Å²) in [5.41, 5.74) is 2.14. The van der Waals surface area contributed by atoms with E-state index >= 15 is 0 Å². The van der Waals surface area contributed by atoms with Gasteiger partial charge in [-0.3, -0.25) is 0 Å². The Labute approximate surface area is 172 Å². The first-order valence-corrected chi connectivity index (χ1v) is 11.0. The van der Waals surface area contributed by atoms with E-state index in [2.05, 4.69) is 5.32 Å². The number of piperazine rings is 1. The summed E-state index contributed by atoms with van der Waals surface area (Å²) in [7, 11) is -1.82. The van der Waals surface area contributed by atoms with Crippen LogP contribution in [0.25, 0.3) is 0 Å². The van der Waals surface area contributed by atoms with Crippen molar-refractivity contribution in [3.8, 4) is 5.75 Å². The molecular weight excluding hydrogens is 394 g/mol. The molecule has 1 aliphatic heterocycles. The molecule has 2 aromatic rings. The number of ether oxygens (including phenoxy) is 1. The Hall–Kier alpha value is -2.16. The lowest BCUT2D eigenvalue weighted by atomic mass is 10.2. The molecule has 1 heterocycles. The molecular formula is C20H25N3O3S2. The maximum Gasteiger partial charge on any atom is 0.243 e. The molecule has 0 amide bonds. The number of rotatable bonds is 5. The molecule has 0 atom stereocenters. The Morgan fingerprint density at radius 3 is 2.21 bits per heavy atom. The summed E-state index contributed by atoms with van der Waals surface area (Å²) in [6.45, 7) is 4.53. The highest BCUT2D eigenvalue weighted by molar-refractivity contribution is 7.89. The minimum atomic E-state index is -3.46. The van der Waals surface area contributed by atoms with Crippen LogP contribution in [0, 0.1) is 6.92 Å². The summed E-state index contributed by atoms with van der Waals surface area (Å²) in [6, 6.07) is 14.8. The number of hydrogen-bond acceptors (Lipinski definition) is 4. The van der Waals surface area contributed by atoms with Crippen molar-refractivity contribution in [2.75, 3.05) is 33.3 Å². The number of nitrogens with zero attached hydrogens (tertiary/aromatic N) is 2. The molecule has 3 rings (SSSR count). The normalized spacial score (nSPS) is 15.3. The Morgan fingerprint density at radius 1 is 1.04 bits per heavy atom. The second-order valence-electron chi connectivity index (χ2n) is 6.71. The van der Waals surface area contributed by atoms with Gasteiger partial charge in [-0.2, -0.15) is 4.31 Å². The van der Waals surface area contributed by atoms with E-state index in [4.69, 9.17) is 17.0 Å². The van der Waals surface area contributed by atoms with Crippen molar-refractivity contribution in [1.29, 1.82) is 0 Å². The molecule has 0 aliphatic carbocycles. The summed E-state index contributed by atoms with van der Waals surface area (Å²) in [4.78, 5) is 2.35. The molecule has 2 aromatic carbocycles. The molecule has 150 valence electrons. The van der Waals surface area contributed by atoms with E-state index in [-0.39, 0.29) is 0 Å². The van der Waals surface area contributed by atoms with Crippen molar-refractivity contribution < 1.29 is 13.2 Å². The van der Waals surface area contributed by atoms with Crippen LogP contribution in [0.2, 0.25) is 0 Å². The van der Waals surface area contributed by atoms with Crippen LogP contribution in [0.4, 0.5) is 0 Å². The lowest BCUT2D eigenvalue weighted by molar-refractivity contribution is 0.264. The number of aryl methyl sites for hydroxylation is 1. The molecule has 6 nitrogen and oxygen atoms in total. The average molecular weight is 420 g/mol. The lowest BCUT2D eigenvalue weighted by Crippen LogP contribution is -2.52. The molecule has 0 radical (unpaired) electrons. The number of methoxy groups -OCH3 is 1. The van der Waals surface area contributed by atoms with Gasteiger partial charge in [0.05, 0.1) is 12.0 Å². The third-order valence-electron chi connectivity index (χ3n) is 4.79. The van der Waals surface area contributed by atoms with Crippen molar-refractivity contribution in [2.45, 2.75) is 18.4 Å². The van der Waals surface area contributed by atoms with Crippen LogP contribution in [0.15, 0.2) is 53.4 Å². The van der Waals surface area contributed by atoms with Gasteiger partial charge in [-0.15, -0.1) is 0 Å². The van der Waals surface area contributed by atoms with E-state index in [9.17, 15) is 8.42 Å². The molecule has 0 aromatic heterocycles. The van der Waals surface area contributed by atoms with Crippen LogP contribution in [-0.2, 0) is 16.6 Å². The average Bonchev–Trinajstić information content (AvgIpc) is 2.73. The lowest BCUT2D eigenvalue weighted by Gasteiger charge is -2.35. The van der Waals surface area contributed by atoms with Gasteiger partial charge in [-0.25, -0.2) is 8.42 Å². The first-order valence-electron chi connectivity index (χ1n) is 9.12. The summed E-state index contributed by atoms with van der Waals surface area (Å²) in [5.74, 6) is 0.817. The molecule has 1 aliphatic rings. The summed E-state index contributed by atoms with van der Waals surface area (Å²) in [5, 5.41) is 3.89. The predicted molar refractivity (Wildman–Crippen MR) is 114 cm³/mol. The van der Waals surface area contributed by atoms with E-state index in [1.54, 1.807) is 19.2 Å². The largest absolute Gasteiger partial charge is 0.497 e. The van der Waals surface area contributed by atoms with E-state index in [1.165, 1.54) is 4.31 Å². The number of sulfonamides is 1. The van der Waals surface area contributed by atoms with E-state index in [1.807, 2.05) is 48.2 Å². The number of benzene rings is 2. The summed E-state index contributed by atoms with van der Waals surface area (Å²) < 4.78 is 32.3. The predicted octanol–water partition coefficient (Wildman–Crippen LogP) is 2.38. The third-order valence-corrected chi connectivity index (χ3v) is 7.10. The second kappa shape index (κ2) is 8.89. The van der Waals surface area contributed by atoms with Gasteiger partial charge in [0, 0.05) is 32.7 Å².